The van der Waals surface area contributed by atoms with Gasteiger partial charge in [-0.3, -0.25) is 9.59 Å². The molecule has 0 aliphatic heterocycles. The fourth-order valence-electron chi connectivity index (χ4n) is 8.57. The number of esters is 2. The monoisotopic (exact) mass is 875 g/mol. The molecule has 0 aliphatic carbocycles. The van der Waals surface area contributed by atoms with Crippen LogP contribution in [-0.4, -0.2) is 37.9 Å². The topological polar surface area (TPSA) is 61.8 Å². The predicted octanol–water partition coefficient (Wildman–Crippen LogP) is 19.0. The van der Waals surface area contributed by atoms with Crippen LogP contribution >= 0.6 is 0 Å². The summed E-state index contributed by atoms with van der Waals surface area (Å²) in [6.45, 7) is 7.86. The fourth-order valence-corrected chi connectivity index (χ4v) is 8.57. The minimum Gasteiger partial charge on any atom is -0.462 e. The van der Waals surface area contributed by atoms with Crippen molar-refractivity contribution < 1.29 is 23.8 Å². The zero-order chi connectivity index (χ0) is 44.9. The van der Waals surface area contributed by atoms with Crippen LogP contribution in [0.5, 0.6) is 0 Å². The summed E-state index contributed by atoms with van der Waals surface area (Å²) in [5, 5.41) is 0. The van der Waals surface area contributed by atoms with E-state index in [9.17, 15) is 9.59 Å². The summed E-state index contributed by atoms with van der Waals surface area (Å²) >= 11 is 0. The zero-order valence-corrected chi connectivity index (χ0v) is 42.4. The molecule has 0 aliphatic rings. The molecule has 0 aromatic rings. The first-order valence-electron chi connectivity index (χ1n) is 28.2. The SMILES string of the molecule is CCCCCCCC/C=C\CCCCCCCCCCCCOCC(COC(=O)CCCCCCCCCCCCCCCCCCCCC)OC(=O)CCCCCCCCC. The Morgan fingerprint density at radius 3 is 0.984 bits per heavy atom. The average Bonchev–Trinajstić information content (AvgIpc) is 3.27. The Hall–Kier alpha value is -1.36. The summed E-state index contributed by atoms with van der Waals surface area (Å²) in [5.74, 6) is -0.381. The van der Waals surface area contributed by atoms with E-state index >= 15 is 0 Å². The Kier molecular flexibility index (Phi) is 52.8. The minimum atomic E-state index is -0.526. The number of carbonyl (C=O) groups is 2. The van der Waals surface area contributed by atoms with Gasteiger partial charge in [-0.25, -0.2) is 0 Å². The lowest BCUT2D eigenvalue weighted by atomic mass is 10.0. The van der Waals surface area contributed by atoms with Crippen molar-refractivity contribution >= 4 is 11.9 Å². The maximum atomic E-state index is 12.7. The van der Waals surface area contributed by atoms with Gasteiger partial charge in [-0.2, -0.15) is 0 Å². The molecule has 0 aromatic heterocycles. The fraction of sp³-hybridized carbons (Fsp3) is 0.930. The van der Waals surface area contributed by atoms with E-state index in [2.05, 4.69) is 32.9 Å². The van der Waals surface area contributed by atoms with Crippen molar-refractivity contribution in [3.63, 3.8) is 0 Å². The molecule has 0 saturated heterocycles. The van der Waals surface area contributed by atoms with Crippen molar-refractivity contribution in [2.45, 2.75) is 322 Å². The van der Waals surface area contributed by atoms with E-state index in [1.807, 2.05) is 0 Å². The molecule has 5 nitrogen and oxygen atoms in total. The van der Waals surface area contributed by atoms with E-state index in [4.69, 9.17) is 14.2 Å². The van der Waals surface area contributed by atoms with Gasteiger partial charge in [0.15, 0.2) is 6.10 Å². The molecule has 5 heteroatoms. The number of allylic oxidation sites excluding steroid dienone is 2. The van der Waals surface area contributed by atoms with E-state index < -0.39 is 6.10 Å². The molecule has 0 aromatic carbocycles. The molecule has 1 atom stereocenters. The number of hydrogen-bond acceptors (Lipinski definition) is 5. The van der Waals surface area contributed by atoms with Gasteiger partial charge in [-0.1, -0.05) is 270 Å². The van der Waals surface area contributed by atoms with Gasteiger partial charge in [-0.15, -0.1) is 0 Å². The molecule has 62 heavy (non-hydrogen) atoms. The summed E-state index contributed by atoms with van der Waals surface area (Å²) in [6.07, 6.45) is 62.5. The number of carbonyl (C=O) groups excluding carboxylic acids is 2. The van der Waals surface area contributed by atoms with Gasteiger partial charge in [0.05, 0.1) is 6.61 Å². The highest BCUT2D eigenvalue weighted by molar-refractivity contribution is 5.70. The second-order valence-corrected chi connectivity index (χ2v) is 19.2. The van der Waals surface area contributed by atoms with Gasteiger partial charge >= 0.3 is 11.9 Å². The van der Waals surface area contributed by atoms with Crippen molar-refractivity contribution in [3.05, 3.63) is 12.2 Å². The van der Waals surface area contributed by atoms with Crippen molar-refractivity contribution in [2.24, 2.45) is 0 Å². The number of hydrogen-bond donors (Lipinski definition) is 0. The maximum absolute atomic E-state index is 12.7. The third-order valence-electron chi connectivity index (χ3n) is 12.8. The maximum Gasteiger partial charge on any atom is 0.306 e. The van der Waals surface area contributed by atoms with Crippen LogP contribution in [0.25, 0.3) is 0 Å². The molecule has 0 bridgehead atoms. The molecular weight excluding hydrogens is 765 g/mol. The number of rotatable bonds is 53. The molecule has 0 spiro atoms. The highest BCUT2D eigenvalue weighted by Crippen LogP contribution is 2.17. The van der Waals surface area contributed by atoms with Crippen molar-refractivity contribution in [3.8, 4) is 0 Å². The van der Waals surface area contributed by atoms with Gasteiger partial charge in [-0.05, 0) is 44.9 Å². The Morgan fingerprint density at radius 2 is 0.629 bits per heavy atom. The van der Waals surface area contributed by atoms with Gasteiger partial charge in [0.1, 0.15) is 6.61 Å². The van der Waals surface area contributed by atoms with Crippen molar-refractivity contribution in [2.75, 3.05) is 19.8 Å². The Labute approximate surface area is 388 Å². The quantitative estimate of drug-likeness (QED) is 0.0346. The van der Waals surface area contributed by atoms with Crippen molar-refractivity contribution in [1.29, 1.82) is 0 Å². The molecule has 0 fully saturated rings. The Morgan fingerprint density at radius 1 is 0.339 bits per heavy atom. The van der Waals surface area contributed by atoms with Gasteiger partial charge in [0, 0.05) is 19.4 Å². The normalized spacial score (nSPS) is 12.1. The van der Waals surface area contributed by atoms with E-state index in [1.165, 1.54) is 250 Å². The molecule has 0 saturated carbocycles. The van der Waals surface area contributed by atoms with Crippen LogP contribution in [0.1, 0.15) is 316 Å². The smallest absolute Gasteiger partial charge is 0.306 e. The number of unbranched alkanes of at least 4 members (excludes halogenated alkanes) is 40. The summed E-state index contributed by atoms with van der Waals surface area (Å²) in [7, 11) is 0. The lowest BCUT2D eigenvalue weighted by molar-refractivity contribution is -0.163. The van der Waals surface area contributed by atoms with E-state index in [0.717, 1.165) is 32.1 Å². The molecule has 0 N–H and O–H groups in total. The van der Waals surface area contributed by atoms with Gasteiger partial charge < -0.3 is 14.2 Å². The van der Waals surface area contributed by atoms with Crippen LogP contribution in [0.3, 0.4) is 0 Å². The second kappa shape index (κ2) is 54.0. The molecule has 368 valence electrons. The largest absolute Gasteiger partial charge is 0.462 e. The highest BCUT2D eigenvalue weighted by atomic mass is 16.6. The lowest BCUT2D eigenvalue weighted by Gasteiger charge is -2.18. The van der Waals surface area contributed by atoms with Crippen molar-refractivity contribution in [1.82, 2.24) is 0 Å². The third-order valence-corrected chi connectivity index (χ3v) is 12.8. The minimum absolute atomic E-state index is 0.0939. The van der Waals surface area contributed by atoms with Crippen LogP contribution in [0.2, 0.25) is 0 Å². The molecule has 0 heterocycles. The number of ether oxygens (including phenoxy) is 3. The molecule has 0 rings (SSSR count). The van der Waals surface area contributed by atoms with Crippen LogP contribution in [0, 0.1) is 0 Å². The summed E-state index contributed by atoms with van der Waals surface area (Å²) in [6, 6.07) is 0. The zero-order valence-electron chi connectivity index (χ0n) is 42.4. The predicted molar refractivity (Wildman–Crippen MR) is 270 cm³/mol. The van der Waals surface area contributed by atoms with Crippen LogP contribution in [0.4, 0.5) is 0 Å². The lowest BCUT2D eigenvalue weighted by Crippen LogP contribution is -2.30. The first-order chi connectivity index (χ1) is 30.6. The summed E-state index contributed by atoms with van der Waals surface area (Å²) < 4.78 is 17.4. The van der Waals surface area contributed by atoms with E-state index in [-0.39, 0.29) is 18.5 Å². The average molecular weight is 876 g/mol. The van der Waals surface area contributed by atoms with Crippen LogP contribution in [0.15, 0.2) is 12.2 Å². The summed E-state index contributed by atoms with van der Waals surface area (Å²) in [5.41, 5.74) is 0. The summed E-state index contributed by atoms with van der Waals surface area (Å²) in [4.78, 5) is 25.3. The molecule has 0 amide bonds. The van der Waals surface area contributed by atoms with E-state index in [0.29, 0.717) is 26.1 Å². The Bertz CT molecular complexity index is 902. The Balaban J connectivity index is 4.01. The first kappa shape index (κ1) is 60.6. The van der Waals surface area contributed by atoms with Gasteiger partial charge in [0.25, 0.3) is 0 Å². The standard InChI is InChI=1S/C57H110O5/c1-4-7-10-13-16-18-20-22-24-26-28-30-32-34-36-38-40-43-46-49-52-60-53-55(62-57(59)51-48-45-41-15-12-9-6-3)54-61-56(58)50-47-44-42-39-37-35-33-31-29-27-25-23-21-19-17-14-11-8-5-2/h22,24,55H,4-21,23,25-54H2,1-3H3/b24-22-. The van der Waals surface area contributed by atoms with E-state index in [1.54, 1.807) is 0 Å². The first-order valence-corrected chi connectivity index (χ1v) is 28.2. The third kappa shape index (κ3) is 51.3. The highest BCUT2D eigenvalue weighted by Gasteiger charge is 2.17. The van der Waals surface area contributed by atoms with Crippen LogP contribution < -0.4 is 0 Å². The van der Waals surface area contributed by atoms with Gasteiger partial charge in [0.2, 0.25) is 0 Å². The molecule has 1 unspecified atom stereocenters. The molecule has 0 radical (unpaired) electrons. The van der Waals surface area contributed by atoms with Crippen LogP contribution in [-0.2, 0) is 23.8 Å². The molecular formula is C57H110O5. The second-order valence-electron chi connectivity index (χ2n) is 19.2.